The van der Waals surface area contributed by atoms with E-state index >= 15 is 0 Å². The summed E-state index contributed by atoms with van der Waals surface area (Å²) in [5, 5.41) is 8.99. The molecule has 4 nitrogen and oxygen atoms in total. The first-order valence-electron chi connectivity index (χ1n) is 8.43. The molecule has 1 aliphatic rings. The van der Waals surface area contributed by atoms with Crippen LogP contribution in [-0.4, -0.2) is 17.0 Å². The number of benzene rings is 2. The maximum atomic E-state index is 12.6. The molecule has 0 amide bonds. The predicted molar refractivity (Wildman–Crippen MR) is 95.0 cm³/mol. The Morgan fingerprint density at radius 2 is 1.84 bits per heavy atom. The molecule has 0 radical (unpaired) electrons. The fourth-order valence-electron chi connectivity index (χ4n) is 3.24. The van der Waals surface area contributed by atoms with Gasteiger partial charge in [0.1, 0.15) is 11.7 Å². The molecule has 0 saturated heterocycles. The average Bonchev–Trinajstić information content (AvgIpc) is 2.87. The number of carboxylic acid groups (broad SMARTS) is 1. The highest BCUT2D eigenvalue weighted by Crippen LogP contribution is 2.45. The van der Waals surface area contributed by atoms with Crippen LogP contribution in [-0.2, 0) is 21.4 Å². The number of hydrogen-bond acceptors (Lipinski definition) is 3. The Kier molecular flexibility index (Phi) is 4.38. The molecule has 1 aliphatic heterocycles. The van der Waals surface area contributed by atoms with Crippen molar-refractivity contribution in [1.29, 1.82) is 0 Å². The highest BCUT2D eigenvalue weighted by molar-refractivity contribution is 5.90. The summed E-state index contributed by atoms with van der Waals surface area (Å²) in [5.41, 5.74) is 3.38. The predicted octanol–water partition coefficient (Wildman–Crippen LogP) is 4.05. The van der Waals surface area contributed by atoms with Crippen molar-refractivity contribution in [2.75, 3.05) is 0 Å². The molecule has 25 heavy (non-hydrogen) atoms. The maximum Gasteiger partial charge on any atom is 0.323 e. The van der Waals surface area contributed by atoms with Crippen LogP contribution < -0.4 is 4.74 Å². The molecule has 130 valence electrons. The Bertz CT molecular complexity index is 816. The van der Waals surface area contributed by atoms with Gasteiger partial charge in [0.2, 0.25) is 0 Å². The number of aryl methyl sites for hydroxylation is 1. The van der Waals surface area contributed by atoms with E-state index in [1.54, 1.807) is 0 Å². The second-order valence-corrected chi connectivity index (χ2v) is 7.47. The van der Waals surface area contributed by atoms with Gasteiger partial charge in [-0.25, -0.2) is 0 Å². The van der Waals surface area contributed by atoms with Crippen LogP contribution in [0.5, 0.6) is 5.75 Å². The van der Waals surface area contributed by atoms with Gasteiger partial charge in [-0.15, -0.1) is 0 Å². The molecule has 0 saturated carbocycles. The molecule has 4 heteroatoms. The van der Waals surface area contributed by atoms with Crippen LogP contribution in [0.1, 0.15) is 55.4 Å². The second kappa shape index (κ2) is 6.36. The van der Waals surface area contributed by atoms with E-state index < -0.39 is 11.9 Å². The SMILES string of the molecule is CC(C)(C)c1cc(CCC(=O)O)cc2c1OC(=O)C2c1ccccc1. The molecule has 3 rings (SSSR count). The smallest absolute Gasteiger partial charge is 0.323 e. The number of esters is 1. The van der Waals surface area contributed by atoms with Crippen LogP contribution in [0.4, 0.5) is 0 Å². The molecule has 2 aromatic rings. The molecule has 2 aromatic carbocycles. The lowest BCUT2D eigenvalue weighted by Gasteiger charge is -2.23. The molecule has 1 atom stereocenters. The van der Waals surface area contributed by atoms with Crippen LogP contribution in [0.15, 0.2) is 42.5 Å². The number of carbonyl (C=O) groups is 2. The largest absolute Gasteiger partial charge is 0.481 e. The minimum atomic E-state index is -0.829. The van der Waals surface area contributed by atoms with Crippen LogP contribution in [0.25, 0.3) is 0 Å². The molecular weight excluding hydrogens is 316 g/mol. The molecule has 0 aliphatic carbocycles. The highest BCUT2D eigenvalue weighted by atomic mass is 16.5. The standard InChI is InChI=1S/C21H22O4/c1-21(2,3)16-12-13(9-10-17(22)23)11-15-18(20(24)25-19(15)16)14-7-5-4-6-8-14/h4-8,11-12,18H,9-10H2,1-3H3,(H,22,23). The molecule has 1 N–H and O–H groups in total. The highest BCUT2D eigenvalue weighted by Gasteiger charge is 2.38. The Labute approximate surface area is 147 Å². The van der Waals surface area contributed by atoms with Crippen molar-refractivity contribution in [3.63, 3.8) is 0 Å². The van der Waals surface area contributed by atoms with Crippen molar-refractivity contribution < 1.29 is 19.4 Å². The number of aliphatic carboxylic acids is 1. The van der Waals surface area contributed by atoms with E-state index in [4.69, 9.17) is 9.84 Å². The first-order valence-corrected chi connectivity index (χ1v) is 8.43. The zero-order chi connectivity index (χ0) is 18.2. The zero-order valence-electron chi connectivity index (χ0n) is 14.7. The summed E-state index contributed by atoms with van der Waals surface area (Å²) in [6, 6.07) is 13.5. The quantitative estimate of drug-likeness (QED) is 0.675. The van der Waals surface area contributed by atoms with Gasteiger partial charge in [-0.2, -0.15) is 0 Å². The first kappa shape index (κ1) is 17.2. The van der Waals surface area contributed by atoms with Crippen molar-refractivity contribution in [2.24, 2.45) is 0 Å². The van der Waals surface area contributed by atoms with Crippen LogP contribution in [0, 0.1) is 0 Å². The molecular formula is C21H22O4. The number of ether oxygens (including phenoxy) is 1. The summed E-state index contributed by atoms with van der Waals surface area (Å²) >= 11 is 0. The molecule has 1 heterocycles. The van der Waals surface area contributed by atoms with Crippen molar-refractivity contribution >= 4 is 11.9 Å². The van der Waals surface area contributed by atoms with Gasteiger partial charge in [-0.05, 0) is 23.0 Å². The van der Waals surface area contributed by atoms with Crippen molar-refractivity contribution in [1.82, 2.24) is 0 Å². The third-order valence-corrected chi connectivity index (χ3v) is 4.50. The van der Waals surface area contributed by atoms with Crippen molar-refractivity contribution in [3.8, 4) is 5.75 Å². The lowest BCUT2D eigenvalue weighted by Crippen LogP contribution is -2.14. The van der Waals surface area contributed by atoms with E-state index in [2.05, 4.69) is 20.8 Å². The number of hydrogen-bond donors (Lipinski definition) is 1. The Morgan fingerprint density at radius 1 is 1.16 bits per heavy atom. The van der Waals surface area contributed by atoms with Gasteiger partial charge in [-0.3, -0.25) is 9.59 Å². The number of carbonyl (C=O) groups excluding carboxylic acids is 1. The molecule has 1 unspecified atom stereocenters. The van der Waals surface area contributed by atoms with Gasteiger partial charge in [-0.1, -0.05) is 63.2 Å². The fourth-order valence-corrected chi connectivity index (χ4v) is 3.24. The Balaban J connectivity index is 2.13. The summed E-state index contributed by atoms with van der Waals surface area (Å²) in [7, 11) is 0. The van der Waals surface area contributed by atoms with Gasteiger partial charge in [0, 0.05) is 17.5 Å². The molecule has 0 fully saturated rings. The normalized spacial score (nSPS) is 16.4. The summed E-state index contributed by atoms with van der Waals surface area (Å²) in [6.45, 7) is 6.19. The number of carboxylic acids is 1. The summed E-state index contributed by atoms with van der Waals surface area (Å²) in [4.78, 5) is 23.5. The van der Waals surface area contributed by atoms with Crippen LogP contribution in [0.2, 0.25) is 0 Å². The van der Waals surface area contributed by atoms with Gasteiger partial charge in [0.15, 0.2) is 0 Å². The minimum absolute atomic E-state index is 0.0627. The molecule has 0 spiro atoms. The summed E-state index contributed by atoms with van der Waals surface area (Å²) < 4.78 is 5.66. The van der Waals surface area contributed by atoms with Crippen LogP contribution >= 0.6 is 0 Å². The van der Waals surface area contributed by atoms with E-state index in [1.165, 1.54) is 0 Å². The maximum absolute atomic E-state index is 12.6. The topological polar surface area (TPSA) is 63.6 Å². The zero-order valence-corrected chi connectivity index (χ0v) is 14.7. The van der Waals surface area contributed by atoms with E-state index in [1.807, 2.05) is 42.5 Å². The number of fused-ring (bicyclic) bond motifs is 1. The molecule has 0 bridgehead atoms. The van der Waals surface area contributed by atoms with Crippen LogP contribution in [0.3, 0.4) is 0 Å². The van der Waals surface area contributed by atoms with Gasteiger partial charge >= 0.3 is 11.9 Å². The lowest BCUT2D eigenvalue weighted by atomic mass is 9.81. The monoisotopic (exact) mass is 338 g/mol. The van der Waals surface area contributed by atoms with Crippen molar-refractivity contribution in [2.45, 2.75) is 44.9 Å². The van der Waals surface area contributed by atoms with E-state index in [-0.39, 0.29) is 17.8 Å². The lowest BCUT2D eigenvalue weighted by molar-refractivity contribution is -0.137. The van der Waals surface area contributed by atoms with E-state index in [9.17, 15) is 9.59 Å². The second-order valence-electron chi connectivity index (χ2n) is 7.47. The summed E-state index contributed by atoms with van der Waals surface area (Å²) in [5.74, 6) is -0.931. The third kappa shape index (κ3) is 3.43. The van der Waals surface area contributed by atoms with E-state index in [0.717, 1.165) is 22.3 Å². The molecule has 0 aromatic heterocycles. The number of rotatable bonds is 4. The van der Waals surface area contributed by atoms with E-state index in [0.29, 0.717) is 12.2 Å². The van der Waals surface area contributed by atoms with Gasteiger partial charge in [0.25, 0.3) is 0 Å². The average molecular weight is 338 g/mol. The van der Waals surface area contributed by atoms with Gasteiger partial charge in [0.05, 0.1) is 0 Å². The Morgan fingerprint density at radius 3 is 2.44 bits per heavy atom. The van der Waals surface area contributed by atoms with Crippen molar-refractivity contribution in [3.05, 3.63) is 64.7 Å². The van der Waals surface area contributed by atoms with Gasteiger partial charge < -0.3 is 9.84 Å². The minimum Gasteiger partial charge on any atom is -0.481 e. The summed E-state index contributed by atoms with van der Waals surface area (Å²) in [6.07, 6.45) is 0.495. The first-order chi connectivity index (χ1) is 11.8. The Hall–Kier alpha value is -2.62. The fraction of sp³-hybridized carbons (Fsp3) is 0.333. The third-order valence-electron chi connectivity index (χ3n) is 4.50.